The van der Waals surface area contributed by atoms with Gasteiger partial charge in [-0.3, -0.25) is 0 Å². The number of ether oxygens (including phenoxy) is 1. The molecule has 1 N–H and O–H groups in total. The van der Waals surface area contributed by atoms with Gasteiger partial charge in [0.05, 0.1) is 11.6 Å². The van der Waals surface area contributed by atoms with Gasteiger partial charge in [-0.05, 0) is 30.7 Å². The van der Waals surface area contributed by atoms with Crippen LogP contribution in [0, 0.1) is 6.92 Å². The lowest BCUT2D eigenvalue weighted by Gasteiger charge is -2.11. The number of aryl methyl sites for hydroxylation is 1. The Morgan fingerprint density at radius 2 is 2.19 bits per heavy atom. The molecule has 112 valence electrons. The summed E-state index contributed by atoms with van der Waals surface area (Å²) in [6.07, 6.45) is 1.76. The van der Waals surface area contributed by atoms with Gasteiger partial charge in [-0.25, -0.2) is 4.98 Å². The fourth-order valence-electron chi connectivity index (χ4n) is 1.89. The number of nitrogens with one attached hydrogen (secondary N) is 1. The van der Waals surface area contributed by atoms with E-state index in [1.165, 1.54) is 16.0 Å². The van der Waals surface area contributed by atoms with Gasteiger partial charge in [0, 0.05) is 31.3 Å². The molecule has 3 nitrogen and oxygen atoms in total. The van der Waals surface area contributed by atoms with E-state index in [0.717, 1.165) is 18.1 Å². The molecule has 1 heterocycles. The van der Waals surface area contributed by atoms with E-state index in [0.29, 0.717) is 11.6 Å². The molecule has 0 radical (unpaired) electrons. The molecule has 0 aliphatic rings. The van der Waals surface area contributed by atoms with E-state index in [4.69, 9.17) is 16.3 Å². The predicted molar refractivity (Wildman–Crippen MR) is 88.1 cm³/mol. The molecular weight excluding hydrogens is 304 g/mol. The van der Waals surface area contributed by atoms with Crippen molar-refractivity contribution in [3.8, 4) is 0 Å². The van der Waals surface area contributed by atoms with Crippen LogP contribution in [0.5, 0.6) is 0 Å². The molecule has 1 aromatic carbocycles. The van der Waals surface area contributed by atoms with Crippen molar-refractivity contribution < 1.29 is 4.74 Å². The second kappa shape index (κ2) is 8.39. The van der Waals surface area contributed by atoms with Crippen molar-refractivity contribution in [1.82, 2.24) is 10.3 Å². The topological polar surface area (TPSA) is 34.1 Å². The number of rotatable bonds is 7. The summed E-state index contributed by atoms with van der Waals surface area (Å²) in [5.74, 6) is 0. The van der Waals surface area contributed by atoms with E-state index in [9.17, 15) is 0 Å². The highest BCUT2D eigenvalue weighted by Crippen LogP contribution is 2.33. The SMILES string of the molecule is COCCNCc1cc(C)ccc1Sc1ncccc1Cl. The summed E-state index contributed by atoms with van der Waals surface area (Å²) >= 11 is 7.79. The molecule has 0 unspecified atom stereocenters. The third kappa shape index (κ3) is 5.00. The van der Waals surface area contributed by atoms with Crippen molar-refractivity contribution in [2.45, 2.75) is 23.4 Å². The van der Waals surface area contributed by atoms with Gasteiger partial charge in [0.1, 0.15) is 5.03 Å². The molecule has 0 saturated carbocycles. The fourth-order valence-corrected chi connectivity index (χ4v) is 3.02. The summed E-state index contributed by atoms with van der Waals surface area (Å²) in [4.78, 5) is 5.51. The van der Waals surface area contributed by atoms with Crippen LogP contribution in [-0.2, 0) is 11.3 Å². The van der Waals surface area contributed by atoms with E-state index in [1.807, 2.05) is 12.1 Å². The van der Waals surface area contributed by atoms with Crippen LogP contribution in [0.15, 0.2) is 46.5 Å². The largest absolute Gasteiger partial charge is 0.383 e. The second-order valence-corrected chi connectivity index (χ2v) is 6.11. The Hall–Kier alpha value is -1.07. The Kier molecular flexibility index (Phi) is 6.51. The summed E-state index contributed by atoms with van der Waals surface area (Å²) in [6, 6.07) is 10.1. The first kappa shape index (κ1) is 16.3. The van der Waals surface area contributed by atoms with Crippen LogP contribution < -0.4 is 5.32 Å². The third-order valence-electron chi connectivity index (χ3n) is 2.95. The Morgan fingerprint density at radius 3 is 2.95 bits per heavy atom. The highest BCUT2D eigenvalue weighted by Gasteiger charge is 2.08. The van der Waals surface area contributed by atoms with Crippen molar-refractivity contribution in [3.63, 3.8) is 0 Å². The van der Waals surface area contributed by atoms with Gasteiger partial charge in [-0.2, -0.15) is 0 Å². The Labute approximate surface area is 135 Å². The van der Waals surface area contributed by atoms with Gasteiger partial charge in [0.15, 0.2) is 0 Å². The Bertz CT molecular complexity index is 592. The number of nitrogens with zero attached hydrogens (tertiary/aromatic N) is 1. The number of halogens is 1. The van der Waals surface area contributed by atoms with Crippen LogP contribution in [0.4, 0.5) is 0 Å². The summed E-state index contributed by atoms with van der Waals surface area (Å²) in [6.45, 7) is 4.44. The molecule has 0 saturated heterocycles. The third-order valence-corrected chi connectivity index (χ3v) is 4.50. The second-order valence-electron chi connectivity index (χ2n) is 4.67. The van der Waals surface area contributed by atoms with Crippen molar-refractivity contribution >= 4 is 23.4 Å². The van der Waals surface area contributed by atoms with E-state index in [2.05, 4.69) is 35.4 Å². The van der Waals surface area contributed by atoms with Crippen molar-refractivity contribution in [2.24, 2.45) is 0 Å². The number of hydrogen-bond donors (Lipinski definition) is 1. The predicted octanol–water partition coefficient (Wildman–Crippen LogP) is 3.93. The lowest BCUT2D eigenvalue weighted by Crippen LogP contribution is -2.19. The summed E-state index contributed by atoms with van der Waals surface area (Å²) < 4.78 is 5.05. The minimum atomic E-state index is 0.682. The summed E-state index contributed by atoms with van der Waals surface area (Å²) in [5.41, 5.74) is 2.49. The number of benzene rings is 1. The quantitative estimate of drug-likeness (QED) is 0.783. The van der Waals surface area contributed by atoms with Gasteiger partial charge < -0.3 is 10.1 Å². The van der Waals surface area contributed by atoms with Crippen molar-refractivity contribution in [1.29, 1.82) is 0 Å². The zero-order valence-corrected chi connectivity index (χ0v) is 13.8. The van der Waals surface area contributed by atoms with E-state index < -0.39 is 0 Å². The maximum atomic E-state index is 6.19. The van der Waals surface area contributed by atoms with Crippen LogP contribution in [0.25, 0.3) is 0 Å². The standard InChI is InChI=1S/C16H19ClN2OS/c1-12-5-6-15(13(10-12)11-18-8-9-20-2)21-16-14(17)4-3-7-19-16/h3-7,10,18H,8-9,11H2,1-2H3. The van der Waals surface area contributed by atoms with Gasteiger partial charge in [0.2, 0.25) is 0 Å². The minimum Gasteiger partial charge on any atom is -0.383 e. The number of methoxy groups -OCH3 is 1. The molecule has 0 amide bonds. The smallest absolute Gasteiger partial charge is 0.119 e. The minimum absolute atomic E-state index is 0.682. The molecule has 0 atom stereocenters. The van der Waals surface area contributed by atoms with Crippen LogP contribution in [0.2, 0.25) is 5.02 Å². The van der Waals surface area contributed by atoms with Crippen molar-refractivity contribution in [3.05, 3.63) is 52.7 Å². The average Bonchev–Trinajstić information content (AvgIpc) is 2.48. The van der Waals surface area contributed by atoms with Gasteiger partial charge in [-0.15, -0.1) is 0 Å². The van der Waals surface area contributed by atoms with Crippen LogP contribution in [0.1, 0.15) is 11.1 Å². The molecule has 1 aromatic heterocycles. The fraction of sp³-hybridized carbons (Fsp3) is 0.312. The van der Waals surface area contributed by atoms with Crippen LogP contribution >= 0.6 is 23.4 Å². The van der Waals surface area contributed by atoms with E-state index in [-0.39, 0.29) is 0 Å². The molecule has 0 spiro atoms. The zero-order valence-electron chi connectivity index (χ0n) is 12.2. The molecule has 0 aliphatic heterocycles. The number of hydrogen-bond acceptors (Lipinski definition) is 4. The molecule has 2 aromatic rings. The zero-order chi connectivity index (χ0) is 15.1. The Balaban J connectivity index is 2.13. The maximum absolute atomic E-state index is 6.19. The van der Waals surface area contributed by atoms with Gasteiger partial charge >= 0.3 is 0 Å². The summed E-state index contributed by atoms with van der Waals surface area (Å²) in [7, 11) is 1.71. The summed E-state index contributed by atoms with van der Waals surface area (Å²) in [5, 5.41) is 4.90. The van der Waals surface area contributed by atoms with Crippen LogP contribution in [-0.4, -0.2) is 25.2 Å². The molecular formula is C16H19ClN2OS. The molecule has 5 heteroatoms. The highest BCUT2D eigenvalue weighted by atomic mass is 35.5. The Morgan fingerprint density at radius 1 is 1.33 bits per heavy atom. The van der Waals surface area contributed by atoms with Crippen molar-refractivity contribution in [2.75, 3.05) is 20.3 Å². The molecule has 0 aliphatic carbocycles. The molecule has 0 bridgehead atoms. The molecule has 0 fully saturated rings. The monoisotopic (exact) mass is 322 g/mol. The normalized spacial score (nSPS) is 10.8. The first-order chi connectivity index (χ1) is 10.2. The number of aromatic nitrogens is 1. The van der Waals surface area contributed by atoms with E-state index >= 15 is 0 Å². The van der Waals surface area contributed by atoms with E-state index in [1.54, 1.807) is 25.1 Å². The lowest BCUT2D eigenvalue weighted by molar-refractivity contribution is 0.199. The maximum Gasteiger partial charge on any atom is 0.119 e. The van der Waals surface area contributed by atoms with Crippen LogP contribution in [0.3, 0.4) is 0 Å². The lowest BCUT2D eigenvalue weighted by atomic mass is 10.1. The van der Waals surface area contributed by atoms with Gasteiger partial charge in [0.25, 0.3) is 0 Å². The van der Waals surface area contributed by atoms with Gasteiger partial charge in [-0.1, -0.05) is 41.1 Å². The molecule has 21 heavy (non-hydrogen) atoms. The first-order valence-electron chi connectivity index (χ1n) is 6.78. The first-order valence-corrected chi connectivity index (χ1v) is 7.97. The molecule has 2 rings (SSSR count). The number of pyridine rings is 1. The highest BCUT2D eigenvalue weighted by molar-refractivity contribution is 7.99. The average molecular weight is 323 g/mol.